The molecule has 0 aliphatic heterocycles. The minimum Gasteiger partial charge on any atom is -0.345 e. The number of amides is 1. The molecule has 0 aliphatic carbocycles. The maximum Gasteiger partial charge on any atom is 0.226 e. The van der Waals surface area contributed by atoms with E-state index in [4.69, 9.17) is 0 Å². The van der Waals surface area contributed by atoms with Gasteiger partial charge in [0.2, 0.25) is 5.91 Å². The Bertz CT molecular complexity index is 572. The lowest BCUT2D eigenvalue weighted by atomic mass is 10.1. The summed E-state index contributed by atoms with van der Waals surface area (Å²) in [6, 6.07) is 11.8. The molecule has 1 aromatic heterocycles. The average Bonchev–Trinajstić information content (AvgIpc) is 2.48. The van der Waals surface area contributed by atoms with Gasteiger partial charge in [0.15, 0.2) is 0 Å². The number of carbonyl (C=O) groups excluding carboxylic acids is 1. The first-order valence-electron chi connectivity index (χ1n) is 6.53. The van der Waals surface area contributed by atoms with Gasteiger partial charge in [-0.1, -0.05) is 34.1 Å². The van der Waals surface area contributed by atoms with Crippen LogP contribution in [0, 0.1) is 0 Å². The third-order valence-electron chi connectivity index (χ3n) is 3.21. The van der Waals surface area contributed by atoms with Gasteiger partial charge in [-0.25, -0.2) is 0 Å². The fourth-order valence-corrected chi connectivity index (χ4v) is 2.34. The Labute approximate surface area is 127 Å². The molecule has 1 aromatic carbocycles. The lowest BCUT2D eigenvalue weighted by Crippen LogP contribution is -2.30. The molecule has 4 heteroatoms. The molecule has 2 aromatic rings. The van der Waals surface area contributed by atoms with Crippen molar-refractivity contribution >= 4 is 21.8 Å². The number of nitrogens with zero attached hydrogens (tertiary/aromatic N) is 2. The molecular formula is C16H17BrN2O. The highest BCUT2D eigenvalue weighted by molar-refractivity contribution is 9.10. The molecule has 0 atom stereocenters. The van der Waals surface area contributed by atoms with E-state index in [2.05, 4.69) is 20.9 Å². The van der Waals surface area contributed by atoms with E-state index in [-0.39, 0.29) is 5.91 Å². The van der Waals surface area contributed by atoms with Gasteiger partial charge in [0.1, 0.15) is 0 Å². The van der Waals surface area contributed by atoms with Crippen molar-refractivity contribution in [1.82, 2.24) is 9.88 Å². The number of hydrogen-bond donors (Lipinski definition) is 0. The molecule has 20 heavy (non-hydrogen) atoms. The Morgan fingerprint density at radius 2 is 1.90 bits per heavy atom. The molecule has 1 amide bonds. The highest BCUT2D eigenvalue weighted by Crippen LogP contribution is 2.16. The topological polar surface area (TPSA) is 33.2 Å². The van der Waals surface area contributed by atoms with Crippen molar-refractivity contribution in [3.05, 3.63) is 64.4 Å². The van der Waals surface area contributed by atoms with E-state index in [1.165, 1.54) is 5.56 Å². The quantitative estimate of drug-likeness (QED) is 0.842. The molecule has 0 N–H and O–H groups in total. The monoisotopic (exact) mass is 332 g/mol. The van der Waals surface area contributed by atoms with E-state index >= 15 is 0 Å². The molecule has 2 rings (SSSR count). The van der Waals surface area contributed by atoms with E-state index in [0.717, 1.165) is 16.5 Å². The SMILES string of the molecule is CN(CCc1ccncc1)C(=O)Cc1ccccc1Br. The lowest BCUT2D eigenvalue weighted by Gasteiger charge is -2.17. The summed E-state index contributed by atoms with van der Waals surface area (Å²) in [7, 11) is 1.85. The van der Waals surface area contributed by atoms with Gasteiger partial charge in [0.25, 0.3) is 0 Å². The fraction of sp³-hybridized carbons (Fsp3) is 0.250. The van der Waals surface area contributed by atoms with Crippen LogP contribution in [0.3, 0.4) is 0 Å². The summed E-state index contributed by atoms with van der Waals surface area (Å²) in [5.41, 5.74) is 2.22. The summed E-state index contributed by atoms with van der Waals surface area (Å²) in [5.74, 6) is 0.131. The Morgan fingerprint density at radius 3 is 2.60 bits per heavy atom. The molecule has 0 aliphatic rings. The van der Waals surface area contributed by atoms with Crippen molar-refractivity contribution in [1.29, 1.82) is 0 Å². The van der Waals surface area contributed by atoms with Gasteiger partial charge < -0.3 is 4.90 Å². The number of halogens is 1. The van der Waals surface area contributed by atoms with Crippen molar-refractivity contribution in [2.45, 2.75) is 12.8 Å². The molecule has 3 nitrogen and oxygen atoms in total. The number of rotatable bonds is 5. The summed E-state index contributed by atoms with van der Waals surface area (Å²) < 4.78 is 0.982. The first-order valence-corrected chi connectivity index (χ1v) is 7.32. The number of aromatic nitrogens is 1. The molecule has 0 unspecified atom stereocenters. The molecule has 0 saturated carbocycles. The standard InChI is InChI=1S/C16H17BrN2O/c1-19(11-8-13-6-9-18-10-7-13)16(20)12-14-4-2-3-5-15(14)17/h2-7,9-10H,8,11-12H2,1H3. The first-order chi connectivity index (χ1) is 9.66. The van der Waals surface area contributed by atoms with Gasteiger partial charge in [-0.2, -0.15) is 0 Å². The third kappa shape index (κ3) is 4.17. The number of hydrogen-bond acceptors (Lipinski definition) is 2. The average molecular weight is 333 g/mol. The van der Waals surface area contributed by atoms with Crippen molar-refractivity contribution < 1.29 is 4.79 Å². The number of likely N-dealkylation sites (N-methyl/N-ethyl adjacent to an activating group) is 1. The second-order valence-electron chi connectivity index (χ2n) is 4.69. The molecule has 0 fully saturated rings. The summed E-state index contributed by atoms with van der Waals surface area (Å²) in [6.07, 6.45) is 4.82. The summed E-state index contributed by atoms with van der Waals surface area (Å²) in [4.78, 5) is 17.9. The van der Waals surface area contributed by atoms with Gasteiger partial charge >= 0.3 is 0 Å². The van der Waals surface area contributed by atoms with Gasteiger partial charge in [0.05, 0.1) is 6.42 Å². The van der Waals surface area contributed by atoms with Crippen LogP contribution in [0.2, 0.25) is 0 Å². The van der Waals surface area contributed by atoms with E-state index in [1.54, 1.807) is 17.3 Å². The van der Waals surface area contributed by atoms with Crippen molar-refractivity contribution in [3.63, 3.8) is 0 Å². The van der Waals surface area contributed by atoms with E-state index in [0.29, 0.717) is 13.0 Å². The van der Waals surface area contributed by atoms with Crippen LogP contribution in [0.25, 0.3) is 0 Å². The van der Waals surface area contributed by atoms with Crippen LogP contribution in [0.15, 0.2) is 53.3 Å². The molecule has 0 bridgehead atoms. The molecule has 1 heterocycles. The smallest absolute Gasteiger partial charge is 0.226 e. The van der Waals surface area contributed by atoms with Crippen LogP contribution < -0.4 is 0 Å². The fourth-order valence-electron chi connectivity index (χ4n) is 1.91. The minimum atomic E-state index is 0.131. The predicted molar refractivity (Wildman–Crippen MR) is 83.4 cm³/mol. The summed E-state index contributed by atoms with van der Waals surface area (Å²) in [5, 5.41) is 0. The van der Waals surface area contributed by atoms with Crippen LogP contribution in [-0.2, 0) is 17.6 Å². The second-order valence-corrected chi connectivity index (χ2v) is 5.54. The molecule has 0 radical (unpaired) electrons. The molecule has 0 saturated heterocycles. The first kappa shape index (κ1) is 14.7. The van der Waals surface area contributed by atoms with Crippen molar-refractivity contribution in [2.75, 3.05) is 13.6 Å². The Hall–Kier alpha value is -1.68. The largest absolute Gasteiger partial charge is 0.345 e. The highest BCUT2D eigenvalue weighted by Gasteiger charge is 2.11. The Balaban J connectivity index is 1.88. The normalized spacial score (nSPS) is 10.3. The van der Waals surface area contributed by atoms with Gasteiger partial charge in [0, 0.05) is 30.5 Å². The van der Waals surface area contributed by atoms with E-state index in [1.807, 2.05) is 43.4 Å². The maximum atomic E-state index is 12.2. The second kappa shape index (κ2) is 7.20. The maximum absolute atomic E-state index is 12.2. The highest BCUT2D eigenvalue weighted by atomic mass is 79.9. The Morgan fingerprint density at radius 1 is 1.20 bits per heavy atom. The summed E-state index contributed by atoms with van der Waals surface area (Å²) >= 11 is 3.47. The molecular weight excluding hydrogens is 316 g/mol. The van der Waals surface area contributed by atoms with Gasteiger partial charge in [-0.15, -0.1) is 0 Å². The van der Waals surface area contributed by atoms with Crippen LogP contribution in [0.5, 0.6) is 0 Å². The van der Waals surface area contributed by atoms with Crippen molar-refractivity contribution in [2.24, 2.45) is 0 Å². The van der Waals surface area contributed by atoms with E-state index < -0.39 is 0 Å². The van der Waals surface area contributed by atoms with Crippen LogP contribution >= 0.6 is 15.9 Å². The number of pyridine rings is 1. The zero-order chi connectivity index (χ0) is 14.4. The van der Waals surface area contributed by atoms with Gasteiger partial charge in [-0.05, 0) is 35.7 Å². The minimum absolute atomic E-state index is 0.131. The molecule has 104 valence electrons. The third-order valence-corrected chi connectivity index (χ3v) is 3.98. The van der Waals surface area contributed by atoms with Crippen LogP contribution in [0.1, 0.15) is 11.1 Å². The number of carbonyl (C=O) groups is 1. The summed E-state index contributed by atoms with van der Waals surface area (Å²) in [6.45, 7) is 0.716. The molecule has 0 spiro atoms. The number of benzene rings is 1. The van der Waals surface area contributed by atoms with E-state index in [9.17, 15) is 4.79 Å². The van der Waals surface area contributed by atoms with Gasteiger partial charge in [-0.3, -0.25) is 9.78 Å². The van der Waals surface area contributed by atoms with Crippen LogP contribution in [0.4, 0.5) is 0 Å². The lowest BCUT2D eigenvalue weighted by molar-refractivity contribution is -0.129. The zero-order valence-electron chi connectivity index (χ0n) is 11.4. The predicted octanol–water partition coefficient (Wildman–Crippen LogP) is 3.09. The van der Waals surface area contributed by atoms with Crippen LogP contribution in [-0.4, -0.2) is 29.4 Å². The Kier molecular flexibility index (Phi) is 5.30. The van der Waals surface area contributed by atoms with Crippen molar-refractivity contribution in [3.8, 4) is 0 Å². The zero-order valence-corrected chi connectivity index (χ0v) is 13.0.